The molecule has 1 fully saturated rings. The molecule has 2 atom stereocenters. The molecule has 1 aromatic heterocycles. The molecule has 2 unspecified atom stereocenters. The molecule has 6 heteroatoms. The minimum atomic E-state index is -0.111. The average molecular weight is 310 g/mol. The lowest BCUT2D eigenvalue weighted by atomic mass is 9.99. The Labute approximate surface area is 131 Å². The minimum Gasteiger partial charge on any atom is -0.337 e. The van der Waals surface area contributed by atoms with Gasteiger partial charge in [0.05, 0.1) is 6.54 Å². The molecule has 0 bridgehead atoms. The van der Waals surface area contributed by atoms with Crippen molar-refractivity contribution in [1.29, 1.82) is 0 Å². The predicted octanol–water partition coefficient (Wildman–Crippen LogP) is 2.37. The van der Waals surface area contributed by atoms with E-state index in [1.807, 2.05) is 12.3 Å². The Hall–Kier alpha value is -1.14. The predicted molar refractivity (Wildman–Crippen MR) is 86.5 cm³/mol. The van der Waals surface area contributed by atoms with Crippen LogP contribution in [-0.2, 0) is 6.54 Å². The molecule has 2 heterocycles. The second-order valence-corrected chi connectivity index (χ2v) is 6.98. The second-order valence-electron chi connectivity index (χ2n) is 6.04. The molecule has 1 aliphatic rings. The summed E-state index contributed by atoms with van der Waals surface area (Å²) in [6.45, 7) is 9.92. The van der Waals surface area contributed by atoms with Gasteiger partial charge < -0.3 is 10.6 Å². The summed E-state index contributed by atoms with van der Waals surface area (Å²) < 4.78 is 0. The third-order valence-corrected chi connectivity index (χ3v) is 4.90. The lowest BCUT2D eigenvalue weighted by Gasteiger charge is -2.35. The summed E-state index contributed by atoms with van der Waals surface area (Å²) in [5.41, 5.74) is 1.00. The minimum absolute atomic E-state index is 0.111. The molecule has 21 heavy (non-hydrogen) atoms. The molecule has 0 spiro atoms. The van der Waals surface area contributed by atoms with Crippen LogP contribution in [0.4, 0.5) is 4.79 Å². The molecule has 0 saturated carbocycles. The molecule has 0 radical (unpaired) electrons. The Balaban J connectivity index is 1.66. The Morgan fingerprint density at radius 3 is 3.05 bits per heavy atom. The van der Waals surface area contributed by atoms with Crippen molar-refractivity contribution in [1.82, 2.24) is 20.5 Å². The van der Waals surface area contributed by atoms with E-state index in [4.69, 9.17) is 0 Å². The van der Waals surface area contributed by atoms with Crippen LogP contribution >= 0.6 is 11.3 Å². The van der Waals surface area contributed by atoms with E-state index in [0.717, 1.165) is 29.7 Å². The van der Waals surface area contributed by atoms with E-state index in [1.54, 1.807) is 11.3 Å². The fourth-order valence-corrected chi connectivity index (χ4v) is 3.41. The van der Waals surface area contributed by atoms with Gasteiger partial charge in [0.15, 0.2) is 0 Å². The number of urea groups is 1. The number of carbonyl (C=O) groups is 1. The molecule has 0 aliphatic carbocycles. The van der Waals surface area contributed by atoms with E-state index >= 15 is 0 Å². The van der Waals surface area contributed by atoms with Crippen LogP contribution in [0, 0.1) is 12.8 Å². The lowest BCUT2D eigenvalue weighted by Crippen LogP contribution is -2.48. The number of aryl methyl sites for hydroxylation is 1. The number of hydrogen-bond donors (Lipinski definition) is 2. The van der Waals surface area contributed by atoms with E-state index < -0.39 is 0 Å². The largest absolute Gasteiger partial charge is 0.337 e. The van der Waals surface area contributed by atoms with Gasteiger partial charge >= 0.3 is 6.03 Å². The number of rotatable bonds is 5. The highest BCUT2D eigenvalue weighted by atomic mass is 32.1. The van der Waals surface area contributed by atoms with Crippen molar-refractivity contribution in [2.45, 2.75) is 46.2 Å². The van der Waals surface area contributed by atoms with E-state index in [0.29, 0.717) is 19.1 Å². The lowest BCUT2D eigenvalue weighted by molar-refractivity contribution is 0.137. The monoisotopic (exact) mass is 310 g/mol. The first-order valence-corrected chi connectivity index (χ1v) is 8.59. The smallest absolute Gasteiger partial charge is 0.315 e. The number of likely N-dealkylation sites (tertiary alicyclic amines) is 1. The SMILES string of the molecule is Cc1csc(CNC(=O)NCC(C)N2CCCC(C)C2)n1. The molecular weight excluding hydrogens is 284 g/mol. The summed E-state index contributed by atoms with van der Waals surface area (Å²) in [5, 5.41) is 8.75. The maximum Gasteiger partial charge on any atom is 0.315 e. The van der Waals surface area contributed by atoms with Gasteiger partial charge in [0.2, 0.25) is 0 Å². The number of nitrogens with zero attached hydrogens (tertiary/aromatic N) is 2. The molecule has 2 N–H and O–H groups in total. The van der Waals surface area contributed by atoms with Crippen molar-refractivity contribution in [3.05, 3.63) is 16.1 Å². The van der Waals surface area contributed by atoms with Crippen molar-refractivity contribution in [2.24, 2.45) is 5.92 Å². The second kappa shape index (κ2) is 7.75. The molecule has 0 aromatic carbocycles. The van der Waals surface area contributed by atoms with E-state index in [-0.39, 0.29) is 6.03 Å². The first-order chi connectivity index (χ1) is 10.0. The van der Waals surface area contributed by atoms with Crippen LogP contribution in [0.2, 0.25) is 0 Å². The van der Waals surface area contributed by atoms with Gasteiger partial charge in [-0.3, -0.25) is 4.90 Å². The van der Waals surface area contributed by atoms with Crippen LogP contribution in [0.25, 0.3) is 0 Å². The van der Waals surface area contributed by atoms with Crippen molar-refractivity contribution >= 4 is 17.4 Å². The molecular formula is C15H26N4OS. The zero-order valence-electron chi connectivity index (χ0n) is 13.2. The summed E-state index contributed by atoms with van der Waals surface area (Å²) >= 11 is 1.58. The zero-order chi connectivity index (χ0) is 15.2. The summed E-state index contributed by atoms with van der Waals surface area (Å²) in [4.78, 5) is 18.6. The molecule has 2 amide bonds. The first kappa shape index (κ1) is 16.2. The summed E-state index contributed by atoms with van der Waals surface area (Å²) in [6.07, 6.45) is 2.59. The van der Waals surface area contributed by atoms with Crippen LogP contribution in [0.3, 0.4) is 0 Å². The van der Waals surface area contributed by atoms with Crippen LogP contribution in [0.5, 0.6) is 0 Å². The van der Waals surface area contributed by atoms with Gasteiger partial charge in [0.1, 0.15) is 5.01 Å². The van der Waals surface area contributed by atoms with Crippen molar-refractivity contribution in [3.63, 3.8) is 0 Å². The van der Waals surface area contributed by atoms with E-state index in [9.17, 15) is 4.79 Å². The Bertz CT molecular complexity index is 462. The third kappa shape index (κ3) is 5.28. The highest BCUT2D eigenvalue weighted by Gasteiger charge is 2.21. The molecule has 1 aromatic rings. The van der Waals surface area contributed by atoms with Gasteiger partial charge in [0.25, 0.3) is 0 Å². The summed E-state index contributed by atoms with van der Waals surface area (Å²) in [6, 6.07) is 0.278. The molecule has 1 saturated heterocycles. The normalized spacial score (nSPS) is 21.0. The maximum absolute atomic E-state index is 11.8. The van der Waals surface area contributed by atoms with Crippen LogP contribution in [-0.4, -0.2) is 41.6 Å². The highest BCUT2D eigenvalue weighted by molar-refractivity contribution is 7.09. The number of thiazole rings is 1. The van der Waals surface area contributed by atoms with Crippen LogP contribution in [0.1, 0.15) is 37.4 Å². The van der Waals surface area contributed by atoms with Crippen LogP contribution in [0.15, 0.2) is 5.38 Å². The quantitative estimate of drug-likeness (QED) is 0.878. The van der Waals surface area contributed by atoms with Gasteiger partial charge in [-0.1, -0.05) is 6.92 Å². The van der Waals surface area contributed by atoms with Gasteiger partial charge in [0, 0.05) is 30.2 Å². The number of aromatic nitrogens is 1. The van der Waals surface area contributed by atoms with E-state index in [2.05, 4.69) is 34.4 Å². The number of amides is 2. The first-order valence-electron chi connectivity index (χ1n) is 7.71. The van der Waals surface area contributed by atoms with Gasteiger partial charge in [-0.15, -0.1) is 11.3 Å². The number of hydrogen-bond acceptors (Lipinski definition) is 4. The van der Waals surface area contributed by atoms with Crippen molar-refractivity contribution < 1.29 is 4.79 Å². The molecule has 5 nitrogen and oxygen atoms in total. The molecule has 118 valence electrons. The highest BCUT2D eigenvalue weighted by Crippen LogP contribution is 2.17. The number of nitrogens with one attached hydrogen (secondary N) is 2. The maximum atomic E-state index is 11.8. The Morgan fingerprint density at radius 2 is 2.38 bits per heavy atom. The van der Waals surface area contributed by atoms with Crippen LogP contribution < -0.4 is 10.6 Å². The van der Waals surface area contributed by atoms with E-state index in [1.165, 1.54) is 12.8 Å². The van der Waals surface area contributed by atoms with Crippen molar-refractivity contribution in [2.75, 3.05) is 19.6 Å². The summed E-state index contributed by atoms with van der Waals surface area (Å²) in [5.74, 6) is 0.767. The summed E-state index contributed by atoms with van der Waals surface area (Å²) in [7, 11) is 0. The number of carbonyl (C=O) groups excluding carboxylic acids is 1. The van der Waals surface area contributed by atoms with Crippen molar-refractivity contribution in [3.8, 4) is 0 Å². The standard InChI is InChI=1S/C15H26N4OS/c1-11-5-4-6-19(9-11)13(3)7-16-15(20)17-8-14-18-12(2)10-21-14/h10-11,13H,4-9H2,1-3H3,(H2,16,17,20). The third-order valence-electron chi connectivity index (χ3n) is 3.94. The molecule has 2 rings (SSSR count). The number of piperidine rings is 1. The fourth-order valence-electron chi connectivity index (χ4n) is 2.70. The van der Waals surface area contributed by atoms with Gasteiger partial charge in [-0.2, -0.15) is 0 Å². The van der Waals surface area contributed by atoms with Gasteiger partial charge in [-0.25, -0.2) is 9.78 Å². The Kier molecular flexibility index (Phi) is 5.99. The van der Waals surface area contributed by atoms with Gasteiger partial charge in [-0.05, 0) is 39.2 Å². The fraction of sp³-hybridized carbons (Fsp3) is 0.733. The Morgan fingerprint density at radius 1 is 1.57 bits per heavy atom. The zero-order valence-corrected chi connectivity index (χ0v) is 14.0. The molecule has 1 aliphatic heterocycles. The average Bonchev–Trinajstić information content (AvgIpc) is 2.88. The topological polar surface area (TPSA) is 57.3 Å².